The van der Waals surface area contributed by atoms with Crippen LogP contribution in [0, 0.1) is 0 Å². The largest absolute Gasteiger partial charge is 0.357 e. The maximum absolute atomic E-state index is 4.92. The second-order valence-electron chi connectivity index (χ2n) is 8.22. The van der Waals surface area contributed by atoms with Gasteiger partial charge in [0.2, 0.25) is 0 Å². The lowest BCUT2D eigenvalue weighted by Crippen LogP contribution is -2.52. The number of hydrogen-bond donors (Lipinski definition) is 2. The summed E-state index contributed by atoms with van der Waals surface area (Å²) >= 11 is 0. The van der Waals surface area contributed by atoms with Crippen molar-refractivity contribution in [3.63, 3.8) is 0 Å². The van der Waals surface area contributed by atoms with Gasteiger partial charge in [-0.1, -0.05) is 30.3 Å². The van der Waals surface area contributed by atoms with Gasteiger partial charge in [0, 0.05) is 38.3 Å². The standard InChI is InChI=1S/C22H37N5/c1-4-23-22(24-16-21-17-26(2)14-15-27(21)3)25-20-12-10-19(11-13-20)18-8-6-5-7-9-18/h5-9,19-21H,4,10-17H2,1-3H3,(H2,23,24,25). The van der Waals surface area contributed by atoms with E-state index in [0.29, 0.717) is 12.1 Å². The third kappa shape index (κ3) is 5.94. The van der Waals surface area contributed by atoms with Gasteiger partial charge in [0.05, 0.1) is 6.54 Å². The van der Waals surface area contributed by atoms with Crippen molar-refractivity contribution < 1.29 is 0 Å². The van der Waals surface area contributed by atoms with E-state index in [1.807, 2.05) is 0 Å². The minimum Gasteiger partial charge on any atom is -0.357 e. The number of guanidine groups is 1. The summed E-state index contributed by atoms with van der Waals surface area (Å²) in [5.74, 6) is 1.71. The number of rotatable bonds is 5. The van der Waals surface area contributed by atoms with Crippen LogP contribution < -0.4 is 10.6 Å². The predicted molar refractivity (Wildman–Crippen MR) is 114 cm³/mol. The molecule has 0 amide bonds. The van der Waals surface area contributed by atoms with Crippen LogP contribution in [0.5, 0.6) is 0 Å². The van der Waals surface area contributed by atoms with Crippen molar-refractivity contribution >= 4 is 5.96 Å². The molecular formula is C22H37N5. The highest BCUT2D eigenvalue weighted by Crippen LogP contribution is 2.32. The lowest BCUT2D eigenvalue weighted by molar-refractivity contribution is 0.119. The van der Waals surface area contributed by atoms with Crippen LogP contribution in [-0.4, -0.2) is 74.7 Å². The molecule has 1 heterocycles. The molecule has 0 bridgehead atoms. The van der Waals surface area contributed by atoms with E-state index in [1.54, 1.807) is 0 Å². The molecule has 0 radical (unpaired) electrons. The summed E-state index contributed by atoms with van der Waals surface area (Å²) in [6, 6.07) is 12.0. The molecule has 1 aliphatic heterocycles. The Balaban J connectivity index is 1.50. The molecule has 1 unspecified atom stereocenters. The maximum atomic E-state index is 4.92. The van der Waals surface area contributed by atoms with Gasteiger partial charge in [-0.3, -0.25) is 9.89 Å². The summed E-state index contributed by atoms with van der Waals surface area (Å²) in [5.41, 5.74) is 1.50. The first-order valence-corrected chi connectivity index (χ1v) is 10.6. The first kappa shape index (κ1) is 20.2. The van der Waals surface area contributed by atoms with E-state index in [2.05, 4.69) is 71.8 Å². The highest BCUT2D eigenvalue weighted by atomic mass is 15.3. The molecule has 1 aliphatic carbocycles. The van der Waals surface area contributed by atoms with Gasteiger partial charge in [-0.25, -0.2) is 0 Å². The molecule has 2 N–H and O–H groups in total. The Morgan fingerprint density at radius 2 is 1.81 bits per heavy atom. The van der Waals surface area contributed by atoms with Crippen molar-refractivity contribution in [2.45, 2.75) is 50.6 Å². The zero-order chi connectivity index (χ0) is 19.1. The molecule has 0 spiro atoms. The first-order chi connectivity index (χ1) is 13.2. The van der Waals surface area contributed by atoms with Crippen LogP contribution in [0.1, 0.15) is 44.1 Å². The molecule has 1 saturated carbocycles. The Bertz CT molecular complexity index is 580. The van der Waals surface area contributed by atoms with Crippen molar-refractivity contribution in [1.82, 2.24) is 20.4 Å². The summed E-state index contributed by atoms with van der Waals surface area (Å²) in [6.45, 7) is 7.29. The van der Waals surface area contributed by atoms with Crippen LogP contribution in [-0.2, 0) is 0 Å². The fraction of sp³-hybridized carbons (Fsp3) is 0.682. The van der Waals surface area contributed by atoms with E-state index in [-0.39, 0.29) is 0 Å². The molecule has 1 aromatic rings. The quantitative estimate of drug-likeness (QED) is 0.617. The molecular weight excluding hydrogens is 334 g/mol. The van der Waals surface area contributed by atoms with Gasteiger partial charge < -0.3 is 15.5 Å². The summed E-state index contributed by atoms with van der Waals surface area (Å²) in [4.78, 5) is 9.77. The molecule has 0 aromatic heterocycles. The molecule has 5 heteroatoms. The Labute approximate surface area is 165 Å². The second-order valence-corrected chi connectivity index (χ2v) is 8.22. The van der Waals surface area contributed by atoms with Gasteiger partial charge >= 0.3 is 0 Å². The van der Waals surface area contributed by atoms with Crippen LogP contribution in [0.25, 0.3) is 0 Å². The molecule has 1 atom stereocenters. The van der Waals surface area contributed by atoms with Crippen LogP contribution in [0.3, 0.4) is 0 Å². The average molecular weight is 372 g/mol. The van der Waals surface area contributed by atoms with Crippen molar-refractivity contribution in [2.75, 3.05) is 46.8 Å². The molecule has 27 heavy (non-hydrogen) atoms. The molecule has 2 fully saturated rings. The zero-order valence-electron chi connectivity index (χ0n) is 17.3. The van der Waals surface area contributed by atoms with E-state index in [1.165, 1.54) is 31.2 Å². The second kappa shape index (κ2) is 10.1. The molecule has 1 aromatic carbocycles. The van der Waals surface area contributed by atoms with Gasteiger partial charge in [0.1, 0.15) is 0 Å². The fourth-order valence-electron chi connectivity index (χ4n) is 4.30. The summed E-state index contributed by atoms with van der Waals surface area (Å²) in [6.07, 6.45) is 4.96. The summed E-state index contributed by atoms with van der Waals surface area (Å²) < 4.78 is 0. The number of hydrogen-bond acceptors (Lipinski definition) is 3. The van der Waals surface area contributed by atoms with E-state index in [4.69, 9.17) is 4.99 Å². The van der Waals surface area contributed by atoms with Gasteiger partial charge in [-0.15, -0.1) is 0 Å². The van der Waals surface area contributed by atoms with Crippen LogP contribution in [0.4, 0.5) is 0 Å². The van der Waals surface area contributed by atoms with Crippen molar-refractivity contribution in [2.24, 2.45) is 4.99 Å². The first-order valence-electron chi connectivity index (χ1n) is 10.6. The average Bonchev–Trinajstić information content (AvgIpc) is 2.70. The monoisotopic (exact) mass is 371 g/mol. The highest BCUT2D eigenvalue weighted by molar-refractivity contribution is 5.80. The van der Waals surface area contributed by atoms with Crippen molar-refractivity contribution in [1.29, 1.82) is 0 Å². The van der Waals surface area contributed by atoms with E-state index < -0.39 is 0 Å². The maximum Gasteiger partial charge on any atom is 0.191 e. The van der Waals surface area contributed by atoms with E-state index in [0.717, 1.165) is 44.6 Å². The molecule has 150 valence electrons. The van der Waals surface area contributed by atoms with E-state index in [9.17, 15) is 0 Å². The smallest absolute Gasteiger partial charge is 0.191 e. The molecule has 2 aliphatic rings. The van der Waals surface area contributed by atoms with Gasteiger partial charge in [0.15, 0.2) is 5.96 Å². The minimum atomic E-state index is 0.507. The fourth-order valence-corrected chi connectivity index (χ4v) is 4.30. The Morgan fingerprint density at radius 1 is 1.07 bits per heavy atom. The van der Waals surface area contributed by atoms with E-state index >= 15 is 0 Å². The number of nitrogens with one attached hydrogen (secondary N) is 2. The summed E-state index contributed by atoms with van der Waals surface area (Å²) in [5, 5.41) is 7.15. The Kier molecular flexibility index (Phi) is 7.53. The number of benzene rings is 1. The lowest BCUT2D eigenvalue weighted by Gasteiger charge is -2.37. The topological polar surface area (TPSA) is 42.9 Å². The lowest BCUT2D eigenvalue weighted by atomic mass is 9.82. The predicted octanol–water partition coefficient (Wildman–Crippen LogP) is 2.51. The van der Waals surface area contributed by atoms with Crippen LogP contribution in [0.15, 0.2) is 35.3 Å². The number of nitrogens with zero attached hydrogens (tertiary/aromatic N) is 3. The normalized spacial score (nSPS) is 28.1. The van der Waals surface area contributed by atoms with Gasteiger partial charge in [-0.2, -0.15) is 0 Å². The van der Waals surface area contributed by atoms with Gasteiger partial charge in [-0.05, 0) is 58.2 Å². The highest BCUT2D eigenvalue weighted by Gasteiger charge is 2.24. The molecule has 1 saturated heterocycles. The van der Waals surface area contributed by atoms with Crippen LogP contribution >= 0.6 is 0 Å². The third-order valence-electron chi connectivity index (χ3n) is 6.12. The molecule has 3 rings (SSSR count). The summed E-state index contributed by atoms with van der Waals surface area (Å²) in [7, 11) is 4.43. The number of aliphatic imine (C=N–C) groups is 1. The SMILES string of the molecule is CCNC(=NCC1CN(C)CCN1C)NC1CCC(c2ccccc2)CC1. The Morgan fingerprint density at radius 3 is 2.52 bits per heavy atom. The Hall–Kier alpha value is -1.59. The van der Waals surface area contributed by atoms with Crippen molar-refractivity contribution in [3.05, 3.63) is 35.9 Å². The number of likely N-dealkylation sites (N-methyl/N-ethyl adjacent to an activating group) is 2. The number of piperazine rings is 1. The van der Waals surface area contributed by atoms with Crippen molar-refractivity contribution in [3.8, 4) is 0 Å². The van der Waals surface area contributed by atoms with Crippen LogP contribution in [0.2, 0.25) is 0 Å². The zero-order valence-corrected chi connectivity index (χ0v) is 17.3. The van der Waals surface area contributed by atoms with Gasteiger partial charge in [0.25, 0.3) is 0 Å². The molecule has 5 nitrogen and oxygen atoms in total. The minimum absolute atomic E-state index is 0.507. The third-order valence-corrected chi connectivity index (χ3v) is 6.12.